The van der Waals surface area contributed by atoms with E-state index in [1.54, 1.807) is 7.11 Å². The zero-order valence-electron chi connectivity index (χ0n) is 10.8. The maximum atomic E-state index is 8.93. The summed E-state index contributed by atoms with van der Waals surface area (Å²) in [6, 6.07) is 6.08. The topological polar surface area (TPSA) is 67.5 Å². The Balaban J connectivity index is 2.89. The van der Waals surface area contributed by atoms with Crippen molar-refractivity contribution in [1.82, 2.24) is 5.32 Å². The number of aliphatic hydroxyl groups is 1. The Morgan fingerprint density at radius 1 is 1.50 bits per heavy atom. The molecule has 0 aliphatic heterocycles. The van der Waals surface area contributed by atoms with E-state index >= 15 is 0 Å². The summed E-state index contributed by atoms with van der Waals surface area (Å²) < 4.78 is 6.35. The molecule has 0 aliphatic rings. The van der Waals surface area contributed by atoms with E-state index in [-0.39, 0.29) is 18.7 Å². The van der Waals surface area contributed by atoms with Crippen molar-refractivity contribution in [2.24, 2.45) is 5.73 Å². The number of nitrogens with one attached hydrogen (secondary N) is 1. The minimum Gasteiger partial charge on any atom is -0.496 e. The smallest absolute Gasteiger partial charge is 0.123 e. The van der Waals surface area contributed by atoms with Gasteiger partial charge < -0.3 is 20.9 Å². The number of hydrogen-bond donors (Lipinski definition) is 3. The van der Waals surface area contributed by atoms with Crippen LogP contribution in [0.3, 0.4) is 0 Å². The molecule has 0 fully saturated rings. The average Bonchev–Trinajstić information content (AvgIpc) is 2.36. The van der Waals surface area contributed by atoms with Crippen LogP contribution in [0.15, 0.2) is 22.7 Å². The molecule has 2 unspecified atom stereocenters. The Morgan fingerprint density at radius 2 is 2.22 bits per heavy atom. The van der Waals surface area contributed by atoms with Gasteiger partial charge >= 0.3 is 0 Å². The molecule has 1 aromatic rings. The Kier molecular flexibility index (Phi) is 6.63. The molecule has 4 nitrogen and oxygen atoms in total. The highest BCUT2D eigenvalue weighted by atomic mass is 79.9. The predicted molar refractivity (Wildman–Crippen MR) is 76.8 cm³/mol. The van der Waals surface area contributed by atoms with E-state index in [0.717, 1.165) is 15.8 Å². The first-order valence-corrected chi connectivity index (χ1v) is 6.82. The van der Waals surface area contributed by atoms with Gasteiger partial charge in [-0.15, -0.1) is 0 Å². The third-order valence-electron chi connectivity index (χ3n) is 2.85. The molecule has 0 aliphatic carbocycles. The molecule has 4 N–H and O–H groups in total. The second-order valence-corrected chi connectivity index (χ2v) is 5.17. The SMILES string of the molecule is COc1ccc(Br)cc1C(CN)NC(C)CCO. The van der Waals surface area contributed by atoms with E-state index < -0.39 is 0 Å². The maximum absolute atomic E-state index is 8.93. The number of halogens is 1. The molecule has 0 saturated heterocycles. The van der Waals surface area contributed by atoms with Gasteiger partial charge in [0.15, 0.2) is 0 Å². The number of hydrogen-bond acceptors (Lipinski definition) is 4. The first kappa shape index (κ1) is 15.4. The molecule has 102 valence electrons. The molecule has 5 heteroatoms. The van der Waals surface area contributed by atoms with Crippen LogP contribution in [0.25, 0.3) is 0 Å². The van der Waals surface area contributed by atoms with Crippen LogP contribution in [0.2, 0.25) is 0 Å². The quantitative estimate of drug-likeness (QED) is 0.718. The lowest BCUT2D eigenvalue weighted by atomic mass is 10.0. The lowest BCUT2D eigenvalue weighted by Gasteiger charge is -2.24. The molecule has 1 aromatic carbocycles. The largest absolute Gasteiger partial charge is 0.496 e. The number of benzene rings is 1. The van der Waals surface area contributed by atoms with E-state index in [2.05, 4.69) is 21.2 Å². The van der Waals surface area contributed by atoms with Crippen LogP contribution in [-0.4, -0.2) is 31.4 Å². The fourth-order valence-electron chi connectivity index (χ4n) is 1.88. The van der Waals surface area contributed by atoms with Crippen LogP contribution in [0.4, 0.5) is 0 Å². The number of ether oxygens (including phenoxy) is 1. The van der Waals surface area contributed by atoms with Crippen LogP contribution in [0, 0.1) is 0 Å². The van der Waals surface area contributed by atoms with Gasteiger partial charge in [0, 0.05) is 35.3 Å². The molecular formula is C13H21BrN2O2. The maximum Gasteiger partial charge on any atom is 0.123 e. The van der Waals surface area contributed by atoms with Gasteiger partial charge in [-0.1, -0.05) is 15.9 Å². The molecule has 0 aromatic heterocycles. The van der Waals surface area contributed by atoms with Gasteiger partial charge in [0.1, 0.15) is 5.75 Å². The van der Waals surface area contributed by atoms with Crippen molar-refractivity contribution in [1.29, 1.82) is 0 Å². The Morgan fingerprint density at radius 3 is 2.78 bits per heavy atom. The van der Waals surface area contributed by atoms with Crippen molar-refractivity contribution in [2.45, 2.75) is 25.4 Å². The molecule has 0 saturated carbocycles. The van der Waals surface area contributed by atoms with Gasteiger partial charge in [0.05, 0.1) is 7.11 Å². The fourth-order valence-corrected chi connectivity index (χ4v) is 2.26. The highest BCUT2D eigenvalue weighted by molar-refractivity contribution is 9.10. The number of methoxy groups -OCH3 is 1. The Bertz CT molecular complexity index is 374. The standard InChI is InChI=1S/C13H21BrN2O2/c1-9(5-6-17)16-12(8-15)11-7-10(14)3-4-13(11)18-2/h3-4,7,9,12,16-17H,5-6,8,15H2,1-2H3. The number of rotatable bonds is 7. The Labute approximate surface area is 117 Å². The summed E-state index contributed by atoms with van der Waals surface area (Å²) in [7, 11) is 1.65. The third kappa shape index (κ3) is 4.24. The lowest BCUT2D eigenvalue weighted by molar-refractivity contribution is 0.263. The molecule has 1 rings (SSSR count). The van der Waals surface area contributed by atoms with Crippen LogP contribution in [0.5, 0.6) is 5.75 Å². The van der Waals surface area contributed by atoms with Crippen LogP contribution < -0.4 is 15.8 Å². The summed E-state index contributed by atoms with van der Waals surface area (Å²) in [4.78, 5) is 0. The van der Waals surface area contributed by atoms with Crippen molar-refractivity contribution in [3.63, 3.8) is 0 Å². The van der Waals surface area contributed by atoms with Gasteiger partial charge in [-0.3, -0.25) is 0 Å². The lowest BCUT2D eigenvalue weighted by Crippen LogP contribution is -2.35. The molecular weight excluding hydrogens is 296 g/mol. The van der Waals surface area contributed by atoms with E-state index in [9.17, 15) is 0 Å². The molecule has 0 bridgehead atoms. The summed E-state index contributed by atoms with van der Waals surface area (Å²) in [5.41, 5.74) is 6.85. The highest BCUT2D eigenvalue weighted by Gasteiger charge is 2.17. The van der Waals surface area contributed by atoms with Crippen LogP contribution in [0.1, 0.15) is 24.9 Å². The van der Waals surface area contributed by atoms with Crippen LogP contribution in [-0.2, 0) is 0 Å². The van der Waals surface area contributed by atoms with Crippen molar-refractivity contribution < 1.29 is 9.84 Å². The predicted octanol–water partition coefficient (Wildman–Crippen LogP) is 1.82. The van der Waals surface area contributed by atoms with Crippen molar-refractivity contribution in [3.05, 3.63) is 28.2 Å². The highest BCUT2D eigenvalue weighted by Crippen LogP contribution is 2.28. The minimum atomic E-state index is 0.0130. The van der Waals surface area contributed by atoms with E-state index in [1.165, 1.54) is 0 Å². The Hall–Kier alpha value is -0.620. The monoisotopic (exact) mass is 316 g/mol. The first-order valence-electron chi connectivity index (χ1n) is 6.02. The van der Waals surface area contributed by atoms with Gasteiger partial charge in [0.2, 0.25) is 0 Å². The van der Waals surface area contributed by atoms with Gasteiger partial charge in [-0.25, -0.2) is 0 Å². The number of aliphatic hydroxyl groups excluding tert-OH is 1. The second-order valence-electron chi connectivity index (χ2n) is 4.25. The van der Waals surface area contributed by atoms with Crippen molar-refractivity contribution in [3.8, 4) is 5.75 Å². The van der Waals surface area contributed by atoms with E-state index in [4.69, 9.17) is 15.6 Å². The second kappa shape index (κ2) is 7.74. The fraction of sp³-hybridized carbons (Fsp3) is 0.538. The molecule has 18 heavy (non-hydrogen) atoms. The van der Waals surface area contributed by atoms with E-state index in [0.29, 0.717) is 13.0 Å². The van der Waals surface area contributed by atoms with Gasteiger partial charge in [-0.05, 0) is 31.5 Å². The van der Waals surface area contributed by atoms with Crippen molar-refractivity contribution in [2.75, 3.05) is 20.3 Å². The molecule has 0 spiro atoms. The first-order chi connectivity index (χ1) is 8.62. The summed E-state index contributed by atoms with van der Waals surface area (Å²) in [6.07, 6.45) is 0.701. The zero-order valence-corrected chi connectivity index (χ0v) is 12.4. The van der Waals surface area contributed by atoms with E-state index in [1.807, 2.05) is 25.1 Å². The molecule has 0 heterocycles. The van der Waals surface area contributed by atoms with Crippen molar-refractivity contribution >= 4 is 15.9 Å². The summed E-state index contributed by atoms with van der Waals surface area (Å²) in [5, 5.41) is 12.3. The summed E-state index contributed by atoms with van der Waals surface area (Å²) in [5.74, 6) is 0.817. The zero-order chi connectivity index (χ0) is 13.5. The van der Waals surface area contributed by atoms with Gasteiger partial charge in [-0.2, -0.15) is 0 Å². The molecule has 2 atom stereocenters. The van der Waals surface area contributed by atoms with Gasteiger partial charge in [0.25, 0.3) is 0 Å². The third-order valence-corrected chi connectivity index (χ3v) is 3.34. The molecule has 0 radical (unpaired) electrons. The number of nitrogens with two attached hydrogens (primary N) is 1. The van der Waals surface area contributed by atoms with Crippen LogP contribution >= 0.6 is 15.9 Å². The summed E-state index contributed by atoms with van der Waals surface area (Å²) in [6.45, 7) is 2.67. The normalized spacial score (nSPS) is 14.3. The molecule has 0 amide bonds. The average molecular weight is 317 g/mol. The minimum absolute atomic E-state index is 0.0130. The summed E-state index contributed by atoms with van der Waals surface area (Å²) >= 11 is 3.46.